The minimum Gasteiger partial charge on any atom is -0.365 e. The molecule has 2 aromatic heterocycles. The molecule has 3 aromatic rings. The van der Waals surface area contributed by atoms with Crippen LogP contribution in [0.15, 0.2) is 23.0 Å². The number of rotatable bonds is 5. The van der Waals surface area contributed by atoms with E-state index in [-0.39, 0.29) is 39.7 Å². The van der Waals surface area contributed by atoms with E-state index in [0.717, 1.165) is 23.1 Å². The number of fused-ring (bicyclic) bond motifs is 1. The Labute approximate surface area is 152 Å². The van der Waals surface area contributed by atoms with Crippen molar-refractivity contribution in [2.45, 2.75) is 26.3 Å². The Kier molecular flexibility index (Phi) is 4.91. The zero-order chi connectivity index (χ0) is 18.8. The zero-order valence-corrected chi connectivity index (χ0v) is 14.5. The Hall–Kier alpha value is -2.92. The summed E-state index contributed by atoms with van der Waals surface area (Å²) < 4.78 is 28.9. The second-order valence-electron chi connectivity index (χ2n) is 5.67. The maximum Gasteiger partial charge on any atom is 0.272 e. The minimum absolute atomic E-state index is 0.0497. The maximum atomic E-state index is 13.9. The van der Waals surface area contributed by atoms with Crippen molar-refractivity contribution in [2.75, 3.05) is 5.32 Å². The van der Waals surface area contributed by atoms with E-state index in [1.807, 2.05) is 13.0 Å². The molecular formula is C17H14ClF2N5O. The molecule has 0 bridgehead atoms. The predicted molar refractivity (Wildman–Crippen MR) is 93.2 cm³/mol. The van der Waals surface area contributed by atoms with E-state index >= 15 is 0 Å². The molecule has 0 aliphatic carbocycles. The lowest BCUT2D eigenvalue weighted by molar-refractivity contribution is 0.560. The van der Waals surface area contributed by atoms with Gasteiger partial charge in [-0.2, -0.15) is 9.78 Å². The Morgan fingerprint density at radius 1 is 1.35 bits per heavy atom. The van der Waals surface area contributed by atoms with E-state index in [4.69, 9.17) is 11.6 Å². The first kappa shape index (κ1) is 17.9. The third-order valence-electron chi connectivity index (χ3n) is 3.83. The molecule has 6 nitrogen and oxygen atoms in total. The summed E-state index contributed by atoms with van der Waals surface area (Å²) in [6, 6.07) is 5.35. The molecule has 0 aliphatic heterocycles. The lowest BCUT2D eigenvalue weighted by Gasteiger charge is -2.07. The van der Waals surface area contributed by atoms with Crippen LogP contribution in [0.1, 0.15) is 30.2 Å². The highest BCUT2D eigenvalue weighted by Crippen LogP contribution is 2.22. The van der Waals surface area contributed by atoms with Crippen molar-refractivity contribution in [3.63, 3.8) is 0 Å². The van der Waals surface area contributed by atoms with E-state index < -0.39 is 11.6 Å². The van der Waals surface area contributed by atoms with Crippen molar-refractivity contribution >= 4 is 23.1 Å². The van der Waals surface area contributed by atoms with Crippen LogP contribution in [0.3, 0.4) is 0 Å². The second-order valence-corrected chi connectivity index (χ2v) is 6.11. The molecule has 0 amide bonds. The normalized spacial score (nSPS) is 10.9. The number of nitriles is 1. The Morgan fingerprint density at radius 2 is 2.04 bits per heavy atom. The van der Waals surface area contributed by atoms with Gasteiger partial charge < -0.3 is 5.32 Å². The highest BCUT2D eigenvalue weighted by atomic mass is 35.5. The molecule has 0 saturated heterocycles. The van der Waals surface area contributed by atoms with Gasteiger partial charge in [0.05, 0.1) is 0 Å². The molecule has 0 saturated carbocycles. The van der Waals surface area contributed by atoms with Crippen molar-refractivity contribution in [2.24, 2.45) is 0 Å². The van der Waals surface area contributed by atoms with Crippen LogP contribution < -0.4 is 10.9 Å². The maximum absolute atomic E-state index is 13.9. The van der Waals surface area contributed by atoms with Gasteiger partial charge in [-0.1, -0.05) is 24.9 Å². The molecule has 2 heterocycles. The van der Waals surface area contributed by atoms with Gasteiger partial charge in [-0.05, 0) is 18.6 Å². The van der Waals surface area contributed by atoms with E-state index in [9.17, 15) is 18.8 Å². The molecule has 0 aliphatic rings. The molecule has 134 valence electrons. The number of nitrogens with zero attached hydrogens (tertiary/aromatic N) is 3. The number of anilines is 1. The molecule has 0 radical (unpaired) electrons. The standard InChI is InChI=1S/C17H14ClF2N5O/c1-2-3-10-6-15(26)25-17(23-10)11(7-21)16(24-25)22-8-12-13(19)4-9(18)5-14(12)20/h4-6,22,24H,2-3,8H2,1H3. The van der Waals surface area contributed by atoms with E-state index in [1.54, 1.807) is 0 Å². The first-order valence-corrected chi connectivity index (χ1v) is 8.24. The highest BCUT2D eigenvalue weighted by Gasteiger charge is 2.17. The van der Waals surface area contributed by atoms with Crippen LogP contribution in [0.4, 0.5) is 14.6 Å². The van der Waals surface area contributed by atoms with Gasteiger partial charge in [0.15, 0.2) is 5.65 Å². The molecule has 2 N–H and O–H groups in total. The first-order chi connectivity index (χ1) is 12.4. The summed E-state index contributed by atoms with van der Waals surface area (Å²) in [5.74, 6) is -1.46. The molecule has 0 unspecified atom stereocenters. The first-order valence-electron chi connectivity index (χ1n) is 7.86. The number of aromatic nitrogens is 3. The molecule has 1 aromatic carbocycles. The summed E-state index contributed by atoms with van der Waals surface area (Å²) in [5.41, 5.74) is 0.239. The van der Waals surface area contributed by atoms with Crippen LogP contribution in [-0.2, 0) is 13.0 Å². The Balaban J connectivity index is 2.00. The topological polar surface area (TPSA) is 86.0 Å². The molecule has 0 spiro atoms. The van der Waals surface area contributed by atoms with E-state index in [0.29, 0.717) is 12.1 Å². The Morgan fingerprint density at radius 3 is 2.65 bits per heavy atom. The summed E-state index contributed by atoms with van der Waals surface area (Å²) >= 11 is 5.60. The molecule has 26 heavy (non-hydrogen) atoms. The van der Waals surface area contributed by atoms with Crippen LogP contribution in [0.2, 0.25) is 5.02 Å². The minimum atomic E-state index is -0.808. The van der Waals surface area contributed by atoms with Gasteiger partial charge >= 0.3 is 0 Å². The van der Waals surface area contributed by atoms with Crippen LogP contribution in [0.25, 0.3) is 5.65 Å². The monoisotopic (exact) mass is 377 g/mol. The number of aromatic amines is 1. The number of hydrogen-bond acceptors (Lipinski definition) is 4. The van der Waals surface area contributed by atoms with E-state index in [2.05, 4.69) is 15.4 Å². The lowest BCUT2D eigenvalue weighted by Crippen LogP contribution is -2.15. The van der Waals surface area contributed by atoms with Gasteiger partial charge in [0.2, 0.25) is 0 Å². The van der Waals surface area contributed by atoms with Crippen LogP contribution >= 0.6 is 11.6 Å². The summed E-state index contributed by atoms with van der Waals surface area (Å²) in [6.45, 7) is 1.71. The highest BCUT2D eigenvalue weighted by molar-refractivity contribution is 6.30. The lowest BCUT2D eigenvalue weighted by atomic mass is 10.2. The fraction of sp³-hybridized carbons (Fsp3) is 0.235. The molecular weight excluding hydrogens is 364 g/mol. The third kappa shape index (κ3) is 3.26. The largest absolute Gasteiger partial charge is 0.365 e. The van der Waals surface area contributed by atoms with Crippen molar-refractivity contribution in [1.29, 1.82) is 5.26 Å². The second kappa shape index (κ2) is 7.14. The summed E-state index contributed by atoms with van der Waals surface area (Å²) in [7, 11) is 0. The van der Waals surface area contributed by atoms with Crippen molar-refractivity contribution in [3.8, 4) is 6.07 Å². The van der Waals surface area contributed by atoms with Crippen molar-refractivity contribution in [3.05, 3.63) is 62.0 Å². The number of nitrogens with one attached hydrogen (secondary N) is 2. The Bertz CT molecular complexity index is 1060. The average Bonchev–Trinajstić information content (AvgIpc) is 2.92. The van der Waals surface area contributed by atoms with Gasteiger partial charge in [-0.3, -0.25) is 9.89 Å². The van der Waals surface area contributed by atoms with Gasteiger partial charge in [-0.25, -0.2) is 13.8 Å². The van der Waals surface area contributed by atoms with E-state index in [1.165, 1.54) is 6.07 Å². The predicted octanol–water partition coefficient (Wildman–Crippen LogP) is 3.39. The summed E-state index contributed by atoms with van der Waals surface area (Å²) in [5, 5.41) is 14.8. The number of aryl methyl sites for hydroxylation is 1. The number of hydrogen-bond donors (Lipinski definition) is 2. The van der Waals surface area contributed by atoms with Crippen LogP contribution in [0.5, 0.6) is 0 Å². The average molecular weight is 378 g/mol. The summed E-state index contributed by atoms with van der Waals surface area (Å²) in [4.78, 5) is 16.5. The number of benzene rings is 1. The van der Waals surface area contributed by atoms with Crippen molar-refractivity contribution < 1.29 is 8.78 Å². The molecule has 0 fully saturated rings. The van der Waals surface area contributed by atoms with Crippen LogP contribution in [-0.4, -0.2) is 14.6 Å². The fourth-order valence-corrected chi connectivity index (χ4v) is 2.81. The quantitative estimate of drug-likeness (QED) is 0.713. The summed E-state index contributed by atoms with van der Waals surface area (Å²) in [6.07, 6.45) is 1.40. The third-order valence-corrected chi connectivity index (χ3v) is 4.05. The molecule has 3 rings (SSSR count). The SMILES string of the molecule is CCCc1cc(=O)n2[nH]c(NCc3c(F)cc(Cl)cc3F)c(C#N)c2n1. The number of halogens is 3. The van der Waals surface area contributed by atoms with Gasteiger partial charge in [0.1, 0.15) is 29.1 Å². The number of H-pyrrole nitrogens is 1. The molecule has 9 heteroatoms. The fourth-order valence-electron chi connectivity index (χ4n) is 2.62. The molecule has 0 atom stereocenters. The van der Waals surface area contributed by atoms with Crippen LogP contribution in [0, 0.1) is 23.0 Å². The van der Waals surface area contributed by atoms with Crippen molar-refractivity contribution in [1.82, 2.24) is 14.6 Å². The zero-order valence-electron chi connectivity index (χ0n) is 13.7. The smallest absolute Gasteiger partial charge is 0.272 e. The van der Waals surface area contributed by atoms with Gasteiger partial charge in [0.25, 0.3) is 5.56 Å². The van der Waals surface area contributed by atoms with Gasteiger partial charge in [0, 0.05) is 28.9 Å². The van der Waals surface area contributed by atoms with Gasteiger partial charge in [-0.15, -0.1) is 0 Å².